The SMILES string of the molecule is CC(=O)OC[N@@+]1(C)CC[C@@]23CCCC[C@@H]2[C@@H]1Cc1ccc(O)cc13. The molecular formula is C20H28NO3+. The van der Waals surface area contributed by atoms with Crippen LogP contribution in [0.15, 0.2) is 18.2 Å². The minimum atomic E-state index is -0.184. The Balaban J connectivity index is 1.77. The quantitative estimate of drug-likeness (QED) is 0.669. The number of phenols is 1. The second-order valence-corrected chi connectivity index (χ2v) is 8.34. The zero-order valence-corrected chi connectivity index (χ0v) is 14.8. The molecule has 0 radical (unpaired) electrons. The number of quaternary nitrogens is 1. The molecular weight excluding hydrogens is 302 g/mol. The number of hydrogen-bond donors (Lipinski definition) is 1. The van der Waals surface area contributed by atoms with Gasteiger partial charge in [0.1, 0.15) is 5.75 Å². The smallest absolute Gasteiger partial charge is 0.306 e. The van der Waals surface area contributed by atoms with Crippen molar-refractivity contribution < 1.29 is 19.1 Å². The van der Waals surface area contributed by atoms with Gasteiger partial charge in [-0.15, -0.1) is 0 Å². The molecule has 4 atom stereocenters. The monoisotopic (exact) mass is 330 g/mol. The molecule has 4 heteroatoms. The van der Waals surface area contributed by atoms with Gasteiger partial charge in [-0.05, 0) is 36.1 Å². The van der Waals surface area contributed by atoms with E-state index in [0.717, 1.165) is 23.9 Å². The van der Waals surface area contributed by atoms with Crippen molar-refractivity contribution in [2.75, 3.05) is 20.3 Å². The van der Waals surface area contributed by atoms with Gasteiger partial charge < -0.3 is 9.84 Å². The van der Waals surface area contributed by atoms with Crippen LogP contribution >= 0.6 is 0 Å². The average molecular weight is 330 g/mol. The van der Waals surface area contributed by atoms with E-state index in [9.17, 15) is 9.90 Å². The molecule has 0 amide bonds. The summed E-state index contributed by atoms with van der Waals surface area (Å²) in [5, 5.41) is 10.1. The van der Waals surface area contributed by atoms with Crippen LogP contribution in [0.3, 0.4) is 0 Å². The zero-order valence-electron chi connectivity index (χ0n) is 14.8. The number of aromatic hydroxyl groups is 1. The molecule has 1 N–H and O–H groups in total. The highest BCUT2D eigenvalue weighted by molar-refractivity contribution is 5.65. The van der Waals surface area contributed by atoms with Crippen molar-refractivity contribution in [2.24, 2.45) is 5.92 Å². The summed E-state index contributed by atoms with van der Waals surface area (Å²) in [6, 6.07) is 6.48. The molecule has 1 heterocycles. The second kappa shape index (κ2) is 5.48. The Kier molecular flexibility index (Phi) is 3.64. The maximum absolute atomic E-state index is 11.4. The number of carbonyl (C=O) groups excluding carboxylic acids is 1. The van der Waals surface area contributed by atoms with Gasteiger partial charge in [0.2, 0.25) is 6.73 Å². The predicted octanol–water partition coefficient (Wildman–Crippen LogP) is 3.12. The largest absolute Gasteiger partial charge is 0.508 e. The molecule has 24 heavy (non-hydrogen) atoms. The fraction of sp³-hybridized carbons (Fsp3) is 0.650. The average Bonchev–Trinajstić information content (AvgIpc) is 2.57. The number of rotatable bonds is 2. The molecule has 1 aliphatic heterocycles. The van der Waals surface area contributed by atoms with Crippen molar-refractivity contribution in [1.29, 1.82) is 0 Å². The van der Waals surface area contributed by atoms with Crippen LogP contribution in [0, 0.1) is 5.92 Å². The molecule has 0 aromatic heterocycles. The Morgan fingerprint density at radius 1 is 1.38 bits per heavy atom. The molecule has 1 aromatic rings. The van der Waals surface area contributed by atoms with E-state index in [-0.39, 0.29) is 11.4 Å². The third-order valence-corrected chi connectivity index (χ3v) is 7.05. The summed E-state index contributed by atoms with van der Waals surface area (Å²) in [6.07, 6.45) is 7.23. The number of phenolic OH excluding ortho intramolecular Hbond substituents is 1. The lowest BCUT2D eigenvalue weighted by Crippen LogP contribution is -2.69. The van der Waals surface area contributed by atoms with Gasteiger partial charge in [0.05, 0.1) is 19.6 Å². The summed E-state index contributed by atoms with van der Waals surface area (Å²) in [4.78, 5) is 11.4. The number of likely N-dealkylation sites (N-methyl/N-ethyl adjacent to an activating group) is 1. The van der Waals surface area contributed by atoms with Gasteiger partial charge in [0, 0.05) is 31.1 Å². The van der Waals surface area contributed by atoms with E-state index in [0.29, 0.717) is 24.4 Å². The van der Waals surface area contributed by atoms with E-state index in [1.807, 2.05) is 12.1 Å². The highest BCUT2D eigenvalue weighted by Crippen LogP contribution is 2.57. The van der Waals surface area contributed by atoms with Crippen LogP contribution < -0.4 is 0 Å². The fourth-order valence-electron chi connectivity index (χ4n) is 5.85. The van der Waals surface area contributed by atoms with Crippen LogP contribution in [0.4, 0.5) is 0 Å². The number of benzene rings is 1. The third kappa shape index (κ3) is 2.26. The summed E-state index contributed by atoms with van der Waals surface area (Å²) in [7, 11) is 2.26. The summed E-state index contributed by atoms with van der Waals surface area (Å²) >= 11 is 0. The lowest BCUT2D eigenvalue weighted by molar-refractivity contribution is -0.959. The van der Waals surface area contributed by atoms with Gasteiger partial charge in [-0.2, -0.15) is 0 Å². The van der Waals surface area contributed by atoms with Crippen LogP contribution in [0.2, 0.25) is 0 Å². The number of nitrogens with zero attached hydrogens (tertiary/aromatic N) is 1. The molecule has 2 aliphatic carbocycles. The molecule has 2 bridgehead atoms. The van der Waals surface area contributed by atoms with E-state index in [1.165, 1.54) is 43.7 Å². The standard InChI is InChI=1S/C20H27NO3/c1-14(22)24-13-21(2)10-9-20-8-4-3-5-17(20)19(21)11-15-6-7-16(23)12-18(15)20/h6-7,12,17,19H,3-5,8-11,13H2,1-2H3/p+1/t17-,19+,20+,21-/m1/s1. The summed E-state index contributed by atoms with van der Waals surface area (Å²) < 4.78 is 6.29. The number of ether oxygens (including phenoxy) is 1. The summed E-state index contributed by atoms with van der Waals surface area (Å²) in [5.74, 6) is 0.847. The molecule has 1 aromatic carbocycles. The Hall–Kier alpha value is -1.55. The summed E-state index contributed by atoms with van der Waals surface area (Å²) in [6.45, 7) is 3.03. The van der Waals surface area contributed by atoms with Crippen LogP contribution in [0.25, 0.3) is 0 Å². The molecule has 4 nitrogen and oxygen atoms in total. The Morgan fingerprint density at radius 3 is 3.00 bits per heavy atom. The van der Waals surface area contributed by atoms with Crippen LogP contribution in [-0.4, -0.2) is 41.9 Å². The van der Waals surface area contributed by atoms with Crippen LogP contribution in [-0.2, 0) is 21.4 Å². The molecule has 1 saturated heterocycles. The molecule has 3 aliphatic rings. The van der Waals surface area contributed by atoms with Gasteiger partial charge in [-0.1, -0.05) is 18.9 Å². The van der Waals surface area contributed by atoms with Gasteiger partial charge in [0.25, 0.3) is 0 Å². The first kappa shape index (κ1) is 15.9. The maximum Gasteiger partial charge on any atom is 0.306 e. The Bertz CT molecular complexity index is 673. The minimum absolute atomic E-state index is 0.184. The van der Waals surface area contributed by atoms with E-state index >= 15 is 0 Å². The van der Waals surface area contributed by atoms with Crippen LogP contribution in [0.1, 0.15) is 50.2 Å². The molecule has 0 spiro atoms. The van der Waals surface area contributed by atoms with Crippen molar-refractivity contribution in [3.05, 3.63) is 29.3 Å². The summed E-state index contributed by atoms with van der Waals surface area (Å²) in [5.41, 5.74) is 3.02. The highest BCUT2D eigenvalue weighted by atomic mass is 16.5. The van der Waals surface area contributed by atoms with Gasteiger partial charge in [0.15, 0.2) is 0 Å². The van der Waals surface area contributed by atoms with Crippen molar-refractivity contribution in [1.82, 2.24) is 0 Å². The first-order valence-electron chi connectivity index (χ1n) is 9.25. The lowest BCUT2D eigenvalue weighted by Gasteiger charge is -2.60. The number of carbonyl (C=O) groups is 1. The van der Waals surface area contributed by atoms with Crippen molar-refractivity contribution >= 4 is 5.97 Å². The number of piperidine rings is 1. The normalized spacial score (nSPS) is 37.2. The Labute approximate surface area is 144 Å². The van der Waals surface area contributed by atoms with E-state index in [1.54, 1.807) is 0 Å². The van der Waals surface area contributed by atoms with Gasteiger partial charge >= 0.3 is 5.97 Å². The van der Waals surface area contributed by atoms with Gasteiger partial charge in [-0.3, -0.25) is 9.28 Å². The fourth-order valence-corrected chi connectivity index (χ4v) is 5.85. The van der Waals surface area contributed by atoms with E-state index in [4.69, 9.17) is 4.74 Å². The van der Waals surface area contributed by atoms with Crippen molar-refractivity contribution in [3.8, 4) is 5.75 Å². The number of esters is 1. The molecule has 0 unspecified atom stereocenters. The molecule has 130 valence electrons. The molecule has 2 fully saturated rings. The molecule has 4 rings (SSSR count). The highest BCUT2D eigenvalue weighted by Gasteiger charge is 2.59. The van der Waals surface area contributed by atoms with E-state index in [2.05, 4.69) is 13.1 Å². The lowest BCUT2D eigenvalue weighted by atomic mass is 9.52. The number of fused-ring (bicyclic) bond motifs is 1. The predicted molar refractivity (Wildman–Crippen MR) is 91.5 cm³/mol. The van der Waals surface area contributed by atoms with Crippen molar-refractivity contribution in [3.63, 3.8) is 0 Å². The zero-order chi connectivity index (χ0) is 16.9. The Morgan fingerprint density at radius 2 is 2.21 bits per heavy atom. The minimum Gasteiger partial charge on any atom is -0.508 e. The second-order valence-electron chi connectivity index (χ2n) is 8.34. The van der Waals surface area contributed by atoms with Crippen molar-refractivity contribution in [2.45, 2.75) is 56.9 Å². The van der Waals surface area contributed by atoms with E-state index < -0.39 is 0 Å². The van der Waals surface area contributed by atoms with Crippen LogP contribution in [0.5, 0.6) is 5.75 Å². The topological polar surface area (TPSA) is 46.5 Å². The number of likely N-dealkylation sites (tertiary alicyclic amines) is 1. The molecule has 1 saturated carbocycles. The maximum atomic E-state index is 11.4. The first-order chi connectivity index (χ1) is 11.4. The third-order valence-electron chi connectivity index (χ3n) is 7.05. The van der Waals surface area contributed by atoms with Gasteiger partial charge in [-0.25, -0.2) is 0 Å². The number of hydrogen-bond acceptors (Lipinski definition) is 3. The first-order valence-corrected chi connectivity index (χ1v) is 9.25.